The second-order valence-corrected chi connectivity index (χ2v) is 7.59. The van der Waals surface area contributed by atoms with Gasteiger partial charge in [-0.1, -0.05) is 48.5 Å². The second kappa shape index (κ2) is 8.51. The molecule has 1 aliphatic rings. The van der Waals surface area contributed by atoms with Gasteiger partial charge in [0.15, 0.2) is 0 Å². The number of aliphatic hydroxyl groups excluding tert-OH is 1. The maximum atomic E-state index is 9.17. The zero-order chi connectivity index (χ0) is 18.5. The summed E-state index contributed by atoms with van der Waals surface area (Å²) in [5, 5.41) is 13.5. The lowest BCUT2D eigenvalue weighted by Crippen LogP contribution is -2.20. The Morgan fingerprint density at radius 2 is 1.70 bits per heavy atom. The molecule has 4 nitrogen and oxygen atoms in total. The second-order valence-electron chi connectivity index (χ2n) is 7.59. The lowest BCUT2D eigenvalue weighted by Gasteiger charge is -2.17. The monoisotopic (exact) mass is 361 g/mol. The smallest absolute Gasteiger partial charge is 0.0681 e. The minimum atomic E-state index is 0.122. The molecule has 0 radical (unpaired) electrons. The van der Waals surface area contributed by atoms with Crippen molar-refractivity contribution in [1.29, 1.82) is 0 Å². The van der Waals surface area contributed by atoms with Gasteiger partial charge < -0.3 is 5.11 Å². The Balaban J connectivity index is 1.31. The summed E-state index contributed by atoms with van der Waals surface area (Å²) in [6.07, 6.45) is 6.21. The molecule has 2 heterocycles. The third-order valence-electron chi connectivity index (χ3n) is 5.40. The van der Waals surface area contributed by atoms with Crippen LogP contribution < -0.4 is 0 Å². The first kappa shape index (κ1) is 18.0. The van der Waals surface area contributed by atoms with Gasteiger partial charge in [0.25, 0.3) is 0 Å². The van der Waals surface area contributed by atoms with Gasteiger partial charge in [-0.05, 0) is 53.6 Å². The fraction of sp³-hybridized carbons (Fsp3) is 0.348. The Kier molecular flexibility index (Phi) is 5.66. The van der Waals surface area contributed by atoms with Crippen molar-refractivity contribution in [3.63, 3.8) is 0 Å². The van der Waals surface area contributed by atoms with E-state index in [1.165, 1.54) is 29.7 Å². The van der Waals surface area contributed by atoms with Gasteiger partial charge in [-0.25, -0.2) is 0 Å². The van der Waals surface area contributed by atoms with Gasteiger partial charge in [-0.2, -0.15) is 5.10 Å². The molecule has 1 aromatic heterocycles. The Morgan fingerprint density at radius 1 is 0.926 bits per heavy atom. The van der Waals surface area contributed by atoms with Crippen LogP contribution in [0, 0.1) is 5.92 Å². The van der Waals surface area contributed by atoms with Gasteiger partial charge in [0.05, 0.1) is 13.2 Å². The van der Waals surface area contributed by atoms with Crippen molar-refractivity contribution in [2.24, 2.45) is 5.92 Å². The number of hydrogen-bond acceptors (Lipinski definition) is 3. The quantitative estimate of drug-likeness (QED) is 0.700. The molecular weight excluding hydrogens is 334 g/mol. The summed E-state index contributed by atoms with van der Waals surface area (Å²) in [6, 6.07) is 19.2. The van der Waals surface area contributed by atoms with E-state index in [-0.39, 0.29) is 6.61 Å². The van der Waals surface area contributed by atoms with Crippen LogP contribution in [0.2, 0.25) is 0 Å². The van der Waals surface area contributed by atoms with Crippen LogP contribution in [0.4, 0.5) is 0 Å². The first-order valence-corrected chi connectivity index (χ1v) is 9.75. The van der Waals surface area contributed by atoms with E-state index in [9.17, 15) is 0 Å². The molecule has 0 unspecified atom stereocenters. The highest BCUT2D eigenvalue weighted by Gasteiger charge is 2.22. The van der Waals surface area contributed by atoms with Crippen molar-refractivity contribution < 1.29 is 5.11 Å². The average molecular weight is 361 g/mol. The summed E-state index contributed by atoms with van der Waals surface area (Å²) in [7, 11) is 0. The van der Waals surface area contributed by atoms with Crippen LogP contribution in [0.5, 0.6) is 0 Å². The van der Waals surface area contributed by atoms with Gasteiger partial charge in [0, 0.05) is 25.5 Å². The maximum Gasteiger partial charge on any atom is 0.0681 e. The summed E-state index contributed by atoms with van der Waals surface area (Å²) in [5.41, 5.74) is 5.05. The van der Waals surface area contributed by atoms with Crippen LogP contribution in [0.25, 0.3) is 0 Å². The van der Waals surface area contributed by atoms with Gasteiger partial charge in [0.2, 0.25) is 0 Å². The van der Waals surface area contributed by atoms with Crippen molar-refractivity contribution in [1.82, 2.24) is 14.7 Å². The highest BCUT2D eigenvalue weighted by atomic mass is 16.3. The van der Waals surface area contributed by atoms with Crippen molar-refractivity contribution >= 4 is 0 Å². The first-order valence-electron chi connectivity index (χ1n) is 9.75. The predicted octanol–water partition coefficient (Wildman–Crippen LogP) is 3.49. The Labute approximate surface area is 161 Å². The summed E-state index contributed by atoms with van der Waals surface area (Å²) >= 11 is 0. The van der Waals surface area contributed by atoms with E-state index in [1.807, 2.05) is 35.3 Å². The van der Waals surface area contributed by atoms with Gasteiger partial charge in [0.1, 0.15) is 0 Å². The summed E-state index contributed by atoms with van der Waals surface area (Å²) in [4.78, 5) is 2.57. The topological polar surface area (TPSA) is 41.3 Å². The fourth-order valence-electron chi connectivity index (χ4n) is 4.00. The number of hydrogen-bond donors (Lipinski definition) is 1. The van der Waals surface area contributed by atoms with Crippen molar-refractivity contribution in [2.75, 3.05) is 13.1 Å². The molecule has 1 aliphatic heterocycles. The van der Waals surface area contributed by atoms with Crippen molar-refractivity contribution in [3.05, 3.63) is 89.2 Å². The number of aliphatic hydroxyl groups is 1. The highest BCUT2D eigenvalue weighted by molar-refractivity contribution is 5.24. The number of nitrogens with zero attached hydrogens (tertiary/aromatic N) is 3. The molecule has 2 aromatic carbocycles. The molecule has 4 heteroatoms. The number of likely N-dealkylation sites (tertiary alicyclic amines) is 1. The number of rotatable bonds is 7. The first-order chi connectivity index (χ1) is 13.3. The highest BCUT2D eigenvalue weighted by Crippen LogP contribution is 2.23. The molecule has 1 fully saturated rings. The minimum absolute atomic E-state index is 0.122. The van der Waals surface area contributed by atoms with Crippen LogP contribution in [-0.2, 0) is 26.1 Å². The molecule has 3 aromatic rings. The summed E-state index contributed by atoms with van der Waals surface area (Å²) in [6.45, 7) is 4.30. The van der Waals surface area contributed by atoms with Gasteiger partial charge in [-0.3, -0.25) is 9.58 Å². The zero-order valence-corrected chi connectivity index (χ0v) is 15.7. The molecule has 0 aliphatic carbocycles. The molecule has 0 amide bonds. The standard InChI is InChI=1S/C23H27N3O/c27-18-20-7-5-19(6-8-20)13-23-9-12-25(16-23)15-21-3-1-4-22(14-21)17-26-11-2-10-24-26/h1-8,10-11,14,23,27H,9,12-13,15-18H2/t23-/m1/s1. The average Bonchev–Trinajstić information content (AvgIpc) is 3.35. The van der Waals surface area contributed by atoms with E-state index in [4.69, 9.17) is 5.11 Å². The zero-order valence-electron chi connectivity index (χ0n) is 15.7. The Bertz CT molecular complexity index is 842. The minimum Gasteiger partial charge on any atom is -0.392 e. The van der Waals surface area contributed by atoms with Gasteiger partial charge in [-0.15, -0.1) is 0 Å². The van der Waals surface area contributed by atoms with Crippen LogP contribution in [0.1, 0.15) is 28.7 Å². The predicted molar refractivity (Wildman–Crippen MR) is 107 cm³/mol. The largest absolute Gasteiger partial charge is 0.392 e. The molecule has 0 spiro atoms. The number of aromatic nitrogens is 2. The Hall–Kier alpha value is -2.43. The van der Waals surface area contributed by atoms with Crippen molar-refractivity contribution in [2.45, 2.75) is 32.5 Å². The fourth-order valence-corrected chi connectivity index (χ4v) is 4.00. The molecular formula is C23H27N3O. The SMILES string of the molecule is OCc1ccc(C[C@H]2CCN(Cc3cccc(Cn4cccn4)c3)C2)cc1. The Morgan fingerprint density at radius 3 is 2.44 bits per heavy atom. The normalized spacial score (nSPS) is 17.4. The third-order valence-corrected chi connectivity index (χ3v) is 5.40. The van der Waals surface area contributed by atoms with Crippen LogP contribution in [-0.4, -0.2) is 32.9 Å². The van der Waals surface area contributed by atoms with E-state index in [0.29, 0.717) is 0 Å². The molecule has 1 atom stereocenters. The van der Waals surface area contributed by atoms with Gasteiger partial charge >= 0.3 is 0 Å². The number of benzene rings is 2. The maximum absolute atomic E-state index is 9.17. The summed E-state index contributed by atoms with van der Waals surface area (Å²) in [5.74, 6) is 0.720. The third kappa shape index (κ3) is 4.85. The van der Waals surface area contributed by atoms with E-state index in [0.717, 1.165) is 37.5 Å². The molecule has 1 saturated heterocycles. The van der Waals surface area contributed by atoms with E-state index < -0.39 is 0 Å². The lowest BCUT2D eigenvalue weighted by molar-refractivity contribution is 0.282. The molecule has 27 heavy (non-hydrogen) atoms. The van der Waals surface area contributed by atoms with Crippen LogP contribution in [0.3, 0.4) is 0 Å². The van der Waals surface area contributed by atoms with E-state index >= 15 is 0 Å². The van der Waals surface area contributed by atoms with E-state index in [1.54, 1.807) is 0 Å². The molecule has 140 valence electrons. The van der Waals surface area contributed by atoms with Crippen LogP contribution in [0.15, 0.2) is 67.0 Å². The lowest BCUT2D eigenvalue weighted by atomic mass is 9.98. The molecule has 4 rings (SSSR count). The molecule has 1 N–H and O–H groups in total. The molecule has 0 saturated carbocycles. The van der Waals surface area contributed by atoms with Crippen molar-refractivity contribution in [3.8, 4) is 0 Å². The molecule has 0 bridgehead atoms. The summed E-state index contributed by atoms with van der Waals surface area (Å²) < 4.78 is 1.97. The van der Waals surface area contributed by atoms with E-state index in [2.05, 4.69) is 46.4 Å². The van der Waals surface area contributed by atoms with Crippen LogP contribution >= 0.6 is 0 Å².